The Labute approximate surface area is 163 Å². The van der Waals surface area contributed by atoms with Crippen LogP contribution >= 0.6 is 0 Å². The molecule has 3 heteroatoms. The standard InChI is InChI=1S/C24H23O2S/c25-24(19-9-7-8-10-19)26-20-15-17-23(18-16-20)27(21-11-3-1-4-12-21)22-13-5-2-6-14-22/h1-6,11-19H,7-10H2/q+1. The highest BCUT2D eigenvalue weighted by Gasteiger charge is 2.29. The SMILES string of the molecule is O=C(Oc1ccc([S+](c2ccccc2)c2ccccc2)cc1)C1CCCC1. The van der Waals surface area contributed by atoms with Crippen molar-refractivity contribution in [1.29, 1.82) is 0 Å². The molecule has 1 fully saturated rings. The number of ether oxygens (including phenoxy) is 1. The number of esters is 1. The highest BCUT2D eigenvalue weighted by Crippen LogP contribution is 2.32. The van der Waals surface area contributed by atoms with Gasteiger partial charge in [-0.15, -0.1) is 0 Å². The second-order valence-electron chi connectivity index (χ2n) is 6.81. The van der Waals surface area contributed by atoms with Crippen molar-refractivity contribution in [2.45, 2.75) is 40.4 Å². The molecular formula is C24H23O2S+. The first-order valence-corrected chi connectivity index (χ1v) is 10.7. The van der Waals surface area contributed by atoms with E-state index < -0.39 is 0 Å². The minimum absolute atomic E-state index is 0.0768. The van der Waals surface area contributed by atoms with E-state index in [2.05, 4.69) is 60.7 Å². The fourth-order valence-corrected chi connectivity index (χ4v) is 5.61. The highest BCUT2D eigenvalue weighted by atomic mass is 32.2. The maximum atomic E-state index is 12.3. The predicted molar refractivity (Wildman–Crippen MR) is 109 cm³/mol. The molecule has 0 aliphatic heterocycles. The zero-order valence-electron chi connectivity index (χ0n) is 15.2. The van der Waals surface area contributed by atoms with Gasteiger partial charge < -0.3 is 4.74 Å². The third-order valence-electron chi connectivity index (χ3n) is 4.92. The molecule has 1 aliphatic rings. The number of hydrogen-bond acceptors (Lipinski definition) is 2. The van der Waals surface area contributed by atoms with Crippen molar-refractivity contribution in [1.82, 2.24) is 0 Å². The molecule has 27 heavy (non-hydrogen) atoms. The van der Waals surface area contributed by atoms with E-state index >= 15 is 0 Å². The Kier molecular flexibility index (Phi) is 5.59. The first-order valence-electron chi connectivity index (χ1n) is 9.47. The Morgan fingerprint density at radius 2 is 1.19 bits per heavy atom. The lowest BCUT2D eigenvalue weighted by atomic mass is 10.1. The zero-order valence-corrected chi connectivity index (χ0v) is 16.0. The largest absolute Gasteiger partial charge is 0.426 e. The van der Waals surface area contributed by atoms with Gasteiger partial charge in [-0.3, -0.25) is 4.79 Å². The van der Waals surface area contributed by atoms with Crippen LogP contribution in [-0.4, -0.2) is 5.97 Å². The Morgan fingerprint density at radius 3 is 1.70 bits per heavy atom. The minimum Gasteiger partial charge on any atom is -0.426 e. The second-order valence-corrected chi connectivity index (χ2v) is 8.83. The van der Waals surface area contributed by atoms with Crippen LogP contribution in [0.3, 0.4) is 0 Å². The van der Waals surface area contributed by atoms with Crippen LogP contribution in [0.4, 0.5) is 0 Å². The Hall–Kier alpha value is -2.52. The normalized spacial score (nSPS) is 14.4. The van der Waals surface area contributed by atoms with Crippen molar-refractivity contribution < 1.29 is 9.53 Å². The fraction of sp³-hybridized carbons (Fsp3) is 0.208. The Bertz CT molecular complexity index is 830. The number of hydrogen-bond donors (Lipinski definition) is 0. The summed E-state index contributed by atoms with van der Waals surface area (Å²) in [5.41, 5.74) is 0. The lowest BCUT2D eigenvalue weighted by Crippen LogP contribution is -2.17. The van der Waals surface area contributed by atoms with E-state index in [4.69, 9.17) is 4.74 Å². The van der Waals surface area contributed by atoms with Crippen LogP contribution in [0, 0.1) is 5.92 Å². The predicted octanol–water partition coefficient (Wildman–Crippen LogP) is 5.88. The molecular weight excluding hydrogens is 352 g/mol. The maximum Gasteiger partial charge on any atom is 0.314 e. The van der Waals surface area contributed by atoms with Crippen molar-refractivity contribution >= 4 is 16.9 Å². The summed E-state index contributed by atoms with van der Waals surface area (Å²) in [6.07, 6.45) is 4.19. The van der Waals surface area contributed by atoms with Gasteiger partial charge in [0.1, 0.15) is 5.75 Å². The number of rotatable bonds is 5. The monoisotopic (exact) mass is 375 g/mol. The summed E-state index contributed by atoms with van der Waals surface area (Å²) in [4.78, 5) is 16.0. The molecule has 3 aromatic rings. The van der Waals surface area contributed by atoms with Crippen LogP contribution in [0.2, 0.25) is 0 Å². The molecule has 0 atom stereocenters. The summed E-state index contributed by atoms with van der Waals surface area (Å²) in [6, 6.07) is 29.1. The van der Waals surface area contributed by atoms with Gasteiger partial charge in [-0.25, -0.2) is 0 Å². The van der Waals surface area contributed by atoms with E-state index in [0.717, 1.165) is 25.7 Å². The van der Waals surface area contributed by atoms with Crippen molar-refractivity contribution in [3.05, 3.63) is 84.9 Å². The smallest absolute Gasteiger partial charge is 0.314 e. The van der Waals surface area contributed by atoms with E-state index in [1.165, 1.54) is 14.7 Å². The van der Waals surface area contributed by atoms with Gasteiger partial charge in [0.05, 0.1) is 16.8 Å². The zero-order chi connectivity index (χ0) is 18.5. The molecule has 0 aromatic heterocycles. The van der Waals surface area contributed by atoms with Crippen molar-refractivity contribution in [3.8, 4) is 5.75 Å². The average Bonchev–Trinajstić information content (AvgIpc) is 3.26. The van der Waals surface area contributed by atoms with Crippen LogP contribution in [0.25, 0.3) is 0 Å². The minimum atomic E-state index is -0.178. The van der Waals surface area contributed by atoms with E-state index in [1.807, 2.05) is 24.3 Å². The quantitative estimate of drug-likeness (QED) is 0.316. The molecule has 0 spiro atoms. The van der Waals surface area contributed by atoms with Gasteiger partial charge >= 0.3 is 5.97 Å². The van der Waals surface area contributed by atoms with Crippen molar-refractivity contribution in [2.24, 2.45) is 5.92 Å². The maximum absolute atomic E-state index is 12.3. The number of carbonyl (C=O) groups excluding carboxylic acids is 1. The molecule has 0 heterocycles. The molecule has 0 amide bonds. The molecule has 136 valence electrons. The van der Waals surface area contributed by atoms with Gasteiger partial charge in [0.25, 0.3) is 0 Å². The highest BCUT2D eigenvalue weighted by molar-refractivity contribution is 7.97. The van der Waals surface area contributed by atoms with Gasteiger partial charge in [0, 0.05) is 0 Å². The van der Waals surface area contributed by atoms with Crippen molar-refractivity contribution in [2.75, 3.05) is 0 Å². The fourth-order valence-electron chi connectivity index (χ4n) is 3.53. The molecule has 0 radical (unpaired) electrons. The summed E-state index contributed by atoms with van der Waals surface area (Å²) in [6.45, 7) is 0. The van der Waals surface area contributed by atoms with Gasteiger partial charge in [0.2, 0.25) is 0 Å². The Balaban J connectivity index is 1.58. The summed E-state index contributed by atoms with van der Waals surface area (Å²) in [7, 11) is -0.178. The molecule has 1 saturated carbocycles. The van der Waals surface area contributed by atoms with E-state index in [0.29, 0.717) is 5.75 Å². The van der Waals surface area contributed by atoms with Crippen LogP contribution in [0.15, 0.2) is 99.6 Å². The molecule has 2 nitrogen and oxygen atoms in total. The van der Waals surface area contributed by atoms with Gasteiger partial charge in [0.15, 0.2) is 14.7 Å². The van der Waals surface area contributed by atoms with Crippen LogP contribution in [-0.2, 0) is 15.7 Å². The molecule has 4 rings (SSSR count). The molecule has 0 unspecified atom stereocenters. The van der Waals surface area contributed by atoms with Crippen LogP contribution in [0.5, 0.6) is 5.75 Å². The van der Waals surface area contributed by atoms with Gasteiger partial charge in [-0.2, -0.15) is 0 Å². The molecule has 0 bridgehead atoms. The van der Waals surface area contributed by atoms with Gasteiger partial charge in [-0.1, -0.05) is 49.2 Å². The average molecular weight is 376 g/mol. The Morgan fingerprint density at radius 1 is 0.704 bits per heavy atom. The number of benzene rings is 3. The first kappa shape index (κ1) is 17.9. The van der Waals surface area contributed by atoms with Crippen LogP contribution < -0.4 is 4.74 Å². The lowest BCUT2D eigenvalue weighted by Gasteiger charge is -2.11. The van der Waals surface area contributed by atoms with Gasteiger partial charge in [-0.05, 0) is 61.4 Å². The van der Waals surface area contributed by atoms with E-state index in [9.17, 15) is 4.79 Å². The van der Waals surface area contributed by atoms with E-state index in [1.54, 1.807) is 0 Å². The second kappa shape index (κ2) is 8.45. The summed E-state index contributed by atoms with van der Waals surface area (Å²) in [5, 5.41) is 0. The topological polar surface area (TPSA) is 26.3 Å². The molecule has 0 N–H and O–H groups in total. The summed E-state index contributed by atoms with van der Waals surface area (Å²) in [5.74, 6) is 0.638. The third kappa shape index (κ3) is 4.25. The van der Waals surface area contributed by atoms with Crippen LogP contribution in [0.1, 0.15) is 25.7 Å². The third-order valence-corrected chi connectivity index (χ3v) is 7.15. The van der Waals surface area contributed by atoms with E-state index in [-0.39, 0.29) is 22.8 Å². The molecule has 3 aromatic carbocycles. The summed E-state index contributed by atoms with van der Waals surface area (Å²) >= 11 is 0. The first-order chi connectivity index (χ1) is 13.3. The number of carbonyl (C=O) groups is 1. The lowest BCUT2D eigenvalue weighted by molar-refractivity contribution is -0.138. The summed E-state index contributed by atoms with van der Waals surface area (Å²) < 4.78 is 5.61. The van der Waals surface area contributed by atoms with Crippen molar-refractivity contribution in [3.63, 3.8) is 0 Å². The molecule has 1 aliphatic carbocycles. The molecule has 0 saturated heterocycles.